The summed E-state index contributed by atoms with van der Waals surface area (Å²) >= 11 is 0. The van der Waals surface area contributed by atoms with Crippen LogP contribution in [0.15, 0.2) is 47.7 Å². The zero-order chi connectivity index (χ0) is 17.3. The van der Waals surface area contributed by atoms with Crippen LogP contribution in [0.2, 0.25) is 0 Å². The summed E-state index contributed by atoms with van der Waals surface area (Å²) in [5.74, 6) is -0.919. The quantitative estimate of drug-likeness (QED) is 0.284. The van der Waals surface area contributed by atoms with E-state index < -0.39 is 10.9 Å². The van der Waals surface area contributed by atoms with Gasteiger partial charge in [-0.1, -0.05) is 6.08 Å². The van der Waals surface area contributed by atoms with E-state index in [-0.39, 0.29) is 36.5 Å². The zero-order valence-electron chi connectivity index (χ0n) is 12.5. The number of nitrogens with zero attached hydrogens (tertiary/aromatic N) is 2. The molecule has 1 fully saturated rings. The highest BCUT2D eigenvalue weighted by molar-refractivity contribution is 6.08. The highest BCUT2D eigenvalue weighted by atomic mass is 16.6. The molecule has 1 aromatic rings. The summed E-state index contributed by atoms with van der Waals surface area (Å²) in [4.78, 5) is 35.5. The van der Waals surface area contributed by atoms with Gasteiger partial charge in [-0.2, -0.15) is 0 Å². The van der Waals surface area contributed by atoms with Crippen LogP contribution in [0.25, 0.3) is 0 Å². The minimum atomic E-state index is -0.618. The fraction of sp³-hybridized carbons (Fsp3) is 0.250. The third kappa shape index (κ3) is 2.67. The Morgan fingerprint density at radius 3 is 2.75 bits per heavy atom. The van der Waals surface area contributed by atoms with Gasteiger partial charge in [0.1, 0.15) is 12.3 Å². The first-order valence-electron chi connectivity index (χ1n) is 7.28. The van der Waals surface area contributed by atoms with E-state index in [4.69, 9.17) is 9.84 Å². The van der Waals surface area contributed by atoms with Crippen LogP contribution in [-0.4, -0.2) is 39.5 Å². The molecular weight excluding hydrogens is 316 g/mol. The molecule has 1 saturated heterocycles. The Bertz CT molecular complexity index is 765. The summed E-state index contributed by atoms with van der Waals surface area (Å²) in [5, 5.41) is 19.5. The summed E-state index contributed by atoms with van der Waals surface area (Å²) in [7, 11) is 0. The highest BCUT2D eigenvalue weighted by Crippen LogP contribution is 2.38. The number of benzene rings is 1. The Balaban J connectivity index is 1.59. The number of β-lactam (4-membered cyclic amide) rings is 1. The number of carbonyl (C=O) groups excluding carboxylic acids is 2. The Kier molecular flexibility index (Phi) is 4.13. The fourth-order valence-electron chi connectivity index (χ4n) is 2.77. The molecule has 0 aromatic heterocycles. The van der Waals surface area contributed by atoms with Crippen LogP contribution in [0.4, 0.5) is 5.69 Å². The molecule has 0 saturated carbocycles. The van der Waals surface area contributed by atoms with Gasteiger partial charge in [0.2, 0.25) is 0 Å². The van der Waals surface area contributed by atoms with Gasteiger partial charge in [0.15, 0.2) is 0 Å². The molecule has 24 heavy (non-hydrogen) atoms. The van der Waals surface area contributed by atoms with Crippen LogP contribution < -0.4 is 0 Å². The Hall–Kier alpha value is -3.00. The Morgan fingerprint density at radius 2 is 2.12 bits per heavy atom. The highest BCUT2D eigenvalue weighted by Gasteiger charge is 2.48. The van der Waals surface area contributed by atoms with Crippen LogP contribution in [0.3, 0.4) is 0 Å². The third-order valence-corrected chi connectivity index (χ3v) is 3.97. The maximum Gasteiger partial charge on any atom is 0.355 e. The van der Waals surface area contributed by atoms with Crippen molar-refractivity contribution in [3.8, 4) is 0 Å². The number of carbonyl (C=O) groups is 2. The Morgan fingerprint density at radius 1 is 1.42 bits per heavy atom. The standard InChI is InChI=1S/C16H14N2O6/c19-8-7-12-13-5-6-14(17(13)15(12)20)16(21)24-9-10-1-3-11(4-2-10)18(22)23/h1-4,6-7,13,19H,5,8-9H2. The number of non-ortho nitro benzene ring substituents is 1. The number of amides is 1. The molecule has 124 valence electrons. The minimum absolute atomic E-state index is 0.0409. The number of esters is 1. The van der Waals surface area contributed by atoms with Crippen LogP contribution in [0.5, 0.6) is 0 Å². The van der Waals surface area contributed by atoms with E-state index in [1.54, 1.807) is 6.08 Å². The smallest absolute Gasteiger partial charge is 0.355 e. The molecule has 8 nitrogen and oxygen atoms in total. The molecule has 0 radical (unpaired) electrons. The predicted molar refractivity (Wildman–Crippen MR) is 81.4 cm³/mol. The number of aliphatic hydroxyl groups is 1. The summed E-state index contributed by atoms with van der Waals surface area (Å²) in [6.45, 7) is -0.258. The molecule has 0 aliphatic carbocycles. The van der Waals surface area contributed by atoms with Gasteiger partial charge in [0.05, 0.1) is 17.6 Å². The molecule has 8 heteroatoms. The largest absolute Gasteiger partial charge is 0.456 e. The minimum Gasteiger partial charge on any atom is -0.456 e. The molecule has 0 bridgehead atoms. The van der Waals surface area contributed by atoms with Gasteiger partial charge in [-0.25, -0.2) is 4.79 Å². The van der Waals surface area contributed by atoms with Gasteiger partial charge in [-0.15, -0.1) is 0 Å². The van der Waals surface area contributed by atoms with Gasteiger partial charge < -0.3 is 9.84 Å². The van der Waals surface area contributed by atoms with Gasteiger partial charge in [0.25, 0.3) is 11.6 Å². The summed E-state index contributed by atoms with van der Waals surface area (Å²) in [5.41, 5.74) is 1.27. The van der Waals surface area contributed by atoms with Crippen molar-refractivity contribution in [2.45, 2.75) is 19.1 Å². The number of rotatable bonds is 5. The van der Waals surface area contributed by atoms with Gasteiger partial charge in [-0.3, -0.25) is 19.8 Å². The number of hydrogen-bond donors (Lipinski definition) is 1. The van der Waals surface area contributed by atoms with E-state index in [1.165, 1.54) is 35.2 Å². The lowest BCUT2D eigenvalue weighted by molar-refractivity contribution is -0.384. The number of fused-ring (bicyclic) bond motifs is 1. The molecule has 1 unspecified atom stereocenters. The van der Waals surface area contributed by atoms with Crippen molar-refractivity contribution in [3.05, 3.63) is 63.4 Å². The van der Waals surface area contributed by atoms with Crippen molar-refractivity contribution >= 4 is 17.6 Å². The third-order valence-electron chi connectivity index (χ3n) is 3.97. The van der Waals surface area contributed by atoms with E-state index in [9.17, 15) is 19.7 Å². The SMILES string of the molecule is O=C(OCc1ccc([N+](=O)[O-])cc1)C1=CCC2C(=CCO)C(=O)N12. The predicted octanol–water partition coefficient (Wildman–Crippen LogP) is 1.06. The van der Waals surface area contributed by atoms with Crippen molar-refractivity contribution in [1.29, 1.82) is 0 Å². The maximum atomic E-state index is 12.1. The average Bonchev–Trinajstić information content (AvgIpc) is 2.98. The van der Waals surface area contributed by atoms with Crippen molar-refractivity contribution in [2.24, 2.45) is 0 Å². The van der Waals surface area contributed by atoms with E-state index in [0.29, 0.717) is 17.6 Å². The molecule has 3 rings (SSSR count). The fourth-order valence-corrected chi connectivity index (χ4v) is 2.77. The van der Waals surface area contributed by atoms with Crippen LogP contribution in [0, 0.1) is 10.1 Å². The van der Waals surface area contributed by atoms with Gasteiger partial charge in [0, 0.05) is 17.7 Å². The van der Waals surface area contributed by atoms with Crippen LogP contribution in [-0.2, 0) is 20.9 Å². The second kappa shape index (κ2) is 6.25. The van der Waals surface area contributed by atoms with Crippen molar-refractivity contribution in [2.75, 3.05) is 6.61 Å². The average molecular weight is 330 g/mol. The topological polar surface area (TPSA) is 110 Å². The molecule has 1 N–H and O–H groups in total. The molecular formula is C16H14N2O6. The molecule has 2 aliphatic heterocycles. The molecule has 2 heterocycles. The molecule has 2 aliphatic rings. The van der Waals surface area contributed by atoms with E-state index in [1.807, 2.05) is 0 Å². The van der Waals surface area contributed by atoms with Crippen molar-refractivity contribution in [1.82, 2.24) is 4.90 Å². The second-order valence-corrected chi connectivity index (χ2v) is 5.36. The molecule has 1 atom stereocenters. The zero-order valence-corrected chi connectivity index (χ0v) is 12.5. The molecule has 1 aromatic carbocycles. The first kappa shape index (κ1) is 15.9. The van der Waals surface area contributed by atoms with Crippen LogP contribution >= 0.6 is 0 Å². The summed E-state index contributed by atoms with van der Waals surface area (Å²) < 4.78 is 5.17. The molecule has 1 amide bonds. The van der Waals surface area contributed by atoms with Gasteiger partial charge >= 0.3 is 5.97 Å². The Labute approximate surface area is 136 Å². The van der Waals surface area contributed by atoms with Crippen LogP contribution in [0.1, 0.15) is 12.0 Å². The van der Waals surface area contributed by atoms with Gasteiger partial charge in [-0.05, 0) is 30.2 Å². The van der Waals surface area contributed by atoms with Crippen molar-refractivity contribution < 1.29 is 24.4 Å². The lowest BCUT2D eigenvalue weighted by atomic mass is 9.94. The number of ether oxygens (including phenoxy) is 1. The van der Waals surface area contributed by atoms with E-state index >= 15 is 0 Å². The number of hydrogen-bond acceptors (Lipinski definition) is 6. The normalized spacial score (nSPS) is 20.5. The van der Waals surface area contributed by atoms with E-state index in [0.717, 1.165) is 0 Å². The number of nitro groups is 1. The van der Waals surface area contributed by atoms with Crippen molar-refractivity contribution in [3.63, 3.8) is 0 Å². The monoisotopic (exact) mass is 330 g/mol. The summed E-state index contributed by atoms with van der Waals surface area (Å²) in [6, 6.07) is 5.48. The maximum absolute atomic E-state index is 12.1. The van der Waals surface area contributed by atoms with E-state index in [2.05, 4.69) is 0 Å². The summed E-state index contributed by atoms with van der Waals surface area (Å²) in [6.07, 6.45) is 3.60. The first-order valence-corrected chi connectivity index (χ1v) is 7.28. The first-order chi connectivity index (χ1) is 11.5. The lowest BCUT2D eigenvalue weighted by Crippen LogP contribution is -2.52. The number of nitro benzene ring substituents is 1. The number of aliphatic hydroxyl groups excluding tert-OH is 1. The molecule has 0 spiro atoms. The second-order valence-electron chi connectivity index (χ2n) is 5.36. The lowest BCUT2D eigenvalue weighted by Gasteiger charge is -2.38.